The summed E-state index contributed by atoms with van der Waals surface area (Å²) in [5.74, 6) is 1.80. The Bertz CT molecular complexity index is 941. The van der Waals surface area contributed by atoms with Gasteiger partial charge in [-0.25, -0.2) is 4.98 Å². The van der Waals surface area contributed by atoms with Gasteiger partial charge in [-0.15, -0.1) is 11.8 Å². The molecule has 1 aromatic heterocycles. The van der Waals surface area contributed by atoms with Crippen molar-refractivity contribution >= 4 is 29.4 Å². The monoisotopic (exact) mass is 419 g/mol. The first-order chi connectivity index (χ1) is 13.7. The Morgan fingerprint density at radius 1 is 1.36 bits per heavy atom. The van der Waals surface area contributed by atoms with Gasteiger partial charge in [-0.05, 0) is 12.1 Å². The van der Waals surface area contributed by atoms with Gasteiger partial charge in [0.15, 0.2) is 5.16 Å². The van der Waals surface area contributed by atoms with E-state index >= 15 is 0 Å². The van der Waals surface area contributed by atoms with Gasteiger partial charge in [0, 0.05) is 31.3 Å². The molecule has 4 rings (SSSR count). The Morgan fingerprint density at radius 3 is 2.96 bits per heavy atom. The minimum absolute atomic E-state index is 0.0367. The molecule has 0 N–H and O–H groups in total. The summed E-state index contributed by atoms with van der Waals surface area (Å²) < 4.78 is 12.2. The Kier molecular flexibility index (Phi) is 5.93. The van der Waals surface area contributed by atoms with Crippen molar-refractivity contribution in [1.82, 2.24) is 14.5 Å². The van der Waals surface area contributed by atoms with Crippen LogP contribution in [-0.2, 0) is 16.0 Å². The number of hydrogen-bond donors (Lipinski definition) is 0. The fourth-order valence-electron chi connectivity index (χ4n) is 3.20. The van der Waals surface area contributed by atoms with Crippen molar-refractivity contribution in [3.63, 3.8) is 0 Å². The van der Waals surface area contributed by atoms with Gasteiger partial charge in [0.05, 0.1) is 42.4 Å². The first-order valence-electron chi connectivity index (χ1n) is 9.09. The van der Waals surface area contributed by atoms with Gasteiger partial charge in [0.1, 0.15) is 5.75 Å². The molecule has 1 fully saturated rings. The molecule has 0 aliphatic carbocycles. The van der Waals surface area contributed by atoms with Crippen LogP contribution in [0.3, 0.4) is 0 Å². The number of rotatable bonds is 5. The number of ether oxygens (including phenoxy) is 2. The van der Waals surface area contributed by atoms with E-state index in [1.807, 2.05) is 24.3 Å². The maximum absolute atomic E-state index is 13.2. The second-order valence-electron chi connectivity index (χ2n) is 6.39. The highest BCUT2D eigenvalue weighted by Gasteiger charge is 2.24. The van der Waals surface area contributed by atoms with Gasteiger partial charge >= 0.3 is 0 Å². The number of carbonyl (C=O) groups excluding carboxylic acids is 1. The van der Waals surface area contributed by atoms with E-state index in [-0.39, 0.29) is 17.2 Å². The zero-order chi connectivity index (χ0) is 19.5. The van der Waals surface area contributed by atoms with Crippen molar-refractivity contribution in [2.45, 2.75) is 16.5 Å². The lowest BCUT2D eigenvalue weighted by molar-refractivity contribution is -0.132. The number of carbonyl (C=O) groups is 1. The van der Waals surface area contributed by atoms with Gasteiger partial charge in [0.25, 0.3) is 5.56 Å². The van der Waals surface area contributed by atoms with E-state index in [9.17, 15) is 9.59 Å². The fraction of sp³-hybridized carbons (Fsp3) is 0.421. The lowest BCUT2D eigenvalue weighted by Gasteiger charge is -2.26. The van der Waals surface area contributed by atoms with Crippen molar-refractivity contribution in [2.24, 2.45) is 0 Å². The topological polar surface area (TPSA) is 73.7 Å². The molecule has 0 saturated carbocycles. The molecule has 0 unspecified atom stereocenters. The third kappa shape index (κ3) is 3.92. The van der Waals surface area contributed by atoms with E-state index in [0.717, 1.165) is 17.9 Å². The molecule has 3 heterocycles. The molecule has 1 amide bonds. The van der Waals surface area contributed by atoms with Gasteiger partial charge in [-0.3, -0.25) is 14.2 Å². The van der Waals surface area contributed by atoms with Crippen LogP contribution in [0.2, 0.25) is 0 Å². The van der Waals surface area contributed by atoms with Gasteiger partial charge < -0.3 is 14.4 Å². The minimum atomic E-state index is -0.0814. The lowest BCUT2D eigenvalue weighted by Crippen LogP contribution is -2.41. The molecule has 1 saturated heterocycles. The van der Waals surface area contributed by atoms with E-state index in [2.05, 4.69) is 0 Å². The zero-order valence-electron chi connectivity index (χ0n) is 15.6. The summed E-state index contributed by atoms with van der Waals surface area (Å²) in [6.07, 6.45) is 0.777. The van der Waals surface area contributed by atoms with Crippen LogP contribution in [-0.4, -0.2) is 65.3 Å². The third-order valence-corrected chi connectivity index (χ3v) is 6.70. The number of hydrogen-bond acceptors (Lipinski definition) is 7. The van der Waals surface area contributed by atoms with Crippen LogP contribution in [0.4, 0.5) is 0 Å². The molecule has 2 aliphatic heterocycles. The number of aryl methyl sites for hydroxylation is 1. The molecular weight excluding hydrogens is 398 g/mol. The fourth-order valence-corrected chi connectivity index (χ4v) is 5.15. The number of aromatic nitrogens is 2. The first-order valence-corrected chi connectivity index (χ1v) is 11.1. The second kappa shape index (κ2) is 8.59. The Balaban J connectivity index is 1.66. The molecule has 9 heteroatoms. The molecule has 0 atom stereocenters. The van der Waals surface area contributed by atoms with E-state index in [1.54, 1.807) is 28.3 Å². The summed E-state index contributed by atoms with van der Waals surface area (Å²) in [7, 11) is 1.59. The number of benzene rings is 1. The average molecular weight is 420 g/mol. The van der Waals surface area contributed by atoms with Crippen molar-refractivity contribution in [2.75, 3.05) is 44.9 Å². The quantitative estimate of drug-likeness (QED) is 0.541. The van der Waals surface area contributed by atoms with Crippen molar-refractivity contribution < 1.29 is 14.3 Å². The number of thioether (sulfide) groups is 2. The molecule has 0 spiro atoms. The summed E-state index contributed by atoms with van der Waals surface area (Å²) in [6.45, 7) is 2.35. The predicted octanol–water partition coefficient (Wildman–Crippen LogP) is 1.84. The van der Waals surface area contributed by atoms with Crippen LogP contribution >= 0.6 is 23.5 Å². The maximum Gasteiger partial charge on any atom is 0.272 e. The number of morpholine rings is 1. The van der Waals surface area contributed by atoms with E-state index in [1.165, 1.54) is 11.8 Å². The largest absolute Gasteiger partial charge is 0.497 e. The predicted molar refractivity (Wildman–Crippen MR) is 109 cm³/mol. The normalized spacial score (nSPS) is 16.1. The van der Waals surface area contributed by atoms with Crippen LogP contribution in [0.1, 0.15) is 5.69 Å². The smallest absolute Gasteiger partial charge is 0.272 e. The summed E-state index contributed by atoms with van der Waals surface area (Å²) in [4.78, 5) is 32.9. The molecule has 0 bridgehead atoms. The third-order valence-electron chi connectivity index (χ3n) is 4.67. The van der Waals surface area contributed by atoms with E-state index in [4.69, 9.17) is 14.5 Å². The van der Waals surface area contributed by atoms with Crippen molar-refractivity contribution in [3.8, 4) is 11.4 Å². The standard InChI is InChI=1S/C19H21N3O4S2/c1-25-14-4-2-3-13(11-14)22-18(24)17-15(5-10-27-17)20-19(22)28-12-16(23)21-6-8-26-9-7-21/h2-4,11H,5-10,12H2,1H3. The van der Waals surface area contributed by atoms with Crippen molar-refractivity contribution in [3.05, 3.63) is 40.3 Å². The molecular formula is C19H21N3O4S2. The van der Waals surface area contributed by atoms with Crippen molar-refractivity contribution in [1.29, 1.82) is 0 Å². The highest BCUT2D eigenvalue weighted by Crippen LogP contribution is 2.30. The number of fused-ring (bicyclic) bond motifs is 1. The summed E-state index contributed by atoms with van der Waals surface area (Å²) in [5, 5.41) is 0.543. The molecule has 28 heavy (non-hydrogen) atoms. The van der Waals surface area contributed by atoms with Gasteiger partial charge in [-0.1, -0.05) is 17.8 Å². The highest BCUT2D eigenvalue weighted by atomic mass is 32.2. The highest BCUT2D eigenvalue weighted by molar-refractivity contribution is 8.00. The Morgan fingerprint density at radius 2 is 2.18 bits per heavy atom. The van der Waals surface area contributed by atoms with Crippen LogP contribution in [0.15, 0.2) is 39.1 Å². The molecule has 2 aliphatic rings. The SMILES string of the molecule is COc1cccc(-n2c(SCC(=O)N3CCOCC3)nc3c(c2=O)SCC3)c1. The van der Waals surface area contributed by atoms with Gasteiger partial charge in [-0.2, -0.15) is 0 Å². The van der Waals surface area contributed by atoms with Crippen LogP contribution in [0.5, 0.6) is 5.75 Å². The molecule has 2 aromatic rings. The average Bonchev–Trinajstić information content (AvgIpc) is 3.21. The molecule has 0 radical (unpaired) electrons. The van der Waals surface area contributed by atoms with Gasteiger partial charge in [0.2, 0.25) is 5.91 Å². The van der Waals surface area contributed by atoms with E-state index < -0.39 is 0 Å². The zero-order valence-corrected chi connectivity index (χ0v) is 17.2. The number of methoxy groups -OCH3 is 1. The minimum Gasteiger partial charge on any atom is -0.497 e. The summed E-state index contributed by atoms with van der Waals surface area (Å²) in [5.41, 5.74) is 1.44. The first kappa shape index (κ1) is 19.4. The lowest BCUT2D eigenvalue weighted by atomic mass is 10.3. The maximum atomic E-state index is 13.2. The number of amides is 1. The van der Waals surface area contributed by atoms with Crippen LogP contribution < -0.4 is 10.3 Å². The summed E-state index contributed by atoms with van der Waals surface area (Å²) >= 11 is 2.85. The Labute approximate surface area is 171 Å². The Hall–Kier alpha value is -1.97. The molecule has 1 aromatic carbocycles. The van der Waals surface area contributed by atoms with Crippen LogP contribution in [0.25, 0.3) is 5.69 Å². The molecule has 148 valence electrons. The van der Waals surface area contributed by atoms with Crippen LogP contribution in [0, 0.1) is 0 Å². The molecule has 7 nitrogen and oxygen atoms in total. The summed E-state index contributed by atoms with van der Waals surface area (Å²) in [6, 6.07) is 7.33. The second-order valence-corrected chi connectivity index (χ2v) is 8.44. The van der Waals surface area contributed by atoms with E-state index in [0.29, 0.717) is 47.8 Å². The number of nitrogens with zero attached hydrogens (tertiary/aromatic N) is 3.